The molecule has 0 saturated carbocycles. The molecule has 0 unspecified atom stereocenters. The van der Waals surface area contributed by atoms with Gasteiger partial charge in [0.1, 0.15) is 5.69 Å². The van der Waals surface area contributed by atoms with Crippen molar-refractivity contribution in [2.45, 2.75) is 0 Å². The summed E-state index contributed by atoms with van der Waals surface area (Å²) in [6, 6.07) is 10.8. The molecule has 1 aromatic carbocycles. The minimum absolute atomic E-state index is 0.00978. The molecule has 0 aliphatic rings. The number of para-hydroxylation sites is 1. The standard InChI is InChI=1S/C14H13N7O2/c15-19-13(22)10-6-8-7-17-21(9-4-2-1-3-5-9)12(8)18-11(10)14(23)20-16/h1-7H,15-16H2,(H,19,22)(H,20,23). The van der Waals surface area contributed by atoms with Crippen LogP contribution < -0.4 is 22.5 Å². The largest absolute Gasteiger partial charge is 0.290 e. The number of nitrogens with two attached hydrogens (primary N) is 2. The molecular weight excluding hydrogens is 298 g/mol. The molecule has 116 valence electrons. The Morgan fingerprint density at radius 2 is 1.74 bits per heavy atom. The van der Waals surface area contributed by atoms with Crippen LogP contribution in [0.1, 0.15) is 20.8 Å². The number of carbonyl (C=O) groups is 2. The van der Waals surface area contributed by atoms with E-state index in [1.165, 1.54) is 6.07 Å². The second-order valence-electron chi connectivity index (χ2n) is 4.64. The molecule has 2 amide bonds. The molecule has 0 atom stereocenters. The van der Waals surface area contributed by atoms with Gasteiger partial charge in [0.05, 0.1) is 17.4 Å². The van der Waals surface area contributed by atoms with Gasteiger partial charge in [0.2, 0.25) is 0 Å². The first kappa shape index (κ1) is 14.6. The van der Waals surface area contributed by atoms with Gasteiger partial charge in [-0.1, -0.05) is 18.2 Å². The van der Waals surface area contributed by atoms with E-state index in [0.717, 1.165) is 5.69 Å². The number of nitrogens with zero attached hydrogens (tertiary/aromatic N) is 3. The fraction of sp³-hybridized carbons (Fsp3) is 0. The highest BCUT2D eigenvalue weighted by Gasteiger charge is 2.21. The number of nitrogens with one attached hydrogen (secondary N) is 2. The highest BCUT2D eigenvalue weighted by Crippen LogP contribution is 2.20. The van der Waals surface area contributed by atoms with Crippen molar-refractivity contribution in [3.63, 3.8) is 0 Å². The van der Waals surface area contributed by atoms with Crippen LogP contribution in [-0.2, 0) is 0 Å². The molecule has 0 spiro atoms. The summed E-state index contributed by atoms with van der Waals surface area (Å²) < 4.78 is 1.56. The Balaban J connectivity index is 2.26. The third-order valence-electron chi connectivity index (χ3n) is 3.27. The first-order valence-corrected chi connectivity index (χ1v) is 6.61. The Bertz CT molecular complexity index is 889. The van der Waals surface area contributed by atoms with Gasteiger partial charge in [0, 0.05) is 5.39 Å². The number of fused-ring (bicyclic) bond motifs is 1. The fourth-order valence-electron chi connectivity index (χ4n) is 2.21. The lowest BCUT2D eigenvalue weighted by molar-refractivity contribution is 0.0916. The second-order valence-corrected chi connectivity index (χ2v) is 4.64. The fourth-order valence-corrected chi connectivity index (χ4v) is 2.21. The van der Waals surface area contributed by atoms with E-state index in [2.05, 4.69) is 10.1 Å². The normalized spacial score (nSPS) is 10.5. The van der Waals surface area contributed by atoms with Gasteiger partial charge < -0.3 is 0 Å². The molecule has 0 fully saturated rings. The second kappa shape index (κ2) is 5.83. The predicted molar refractivity (Wildman–Crippen MR) is 82.2 cm³/mol. The highest BCUT2D eigenvalue weighted by atomic mass is 16.2. The van der Waals surface area contributed by atoms with E-state index in [1.54, 1.807) is 10.9 Å². The monoisotopic (exact) mass is 311 g/mol. The highest BCUT2D eigenvalue weighted by molar-refractivity contribution is 6.07. The quantitative estimate of drug-likeness (QED) is 0.295. The van der Waals surface area contributed by atoms with Gasteiger partial charge in [0.25, 0.3) is 11.8 Å². The van der Waals surface area contributed by atoms with E-state index >= 15 is 0 Å². The van der Waals surface area contributed by atoms with Crippen molar-refractivity contribution < 1.29 is 9.59 Å². The molecule has 9 nitrogen and oxygen atoms in total. The lowest BCUT2D eigenvalue weighted by Crippen LogP contribution is -2.36. The van der Waals surface area contributed by atoms with E-state index in [9.17, 15) is 9.59 Å². The van der Waals surface area contributed by atoms with Crippen LogP contribution in [-0.4, -0.2) is 26.6 Å². The van der Waals surface area contributed by atoms with Crippen LogP contribution >= 0.6 is 0 Å². The third-order valence-corrected chi connectivity index (χ3v) is 3.27. The number of aromatic nitrogens is 3. The van der Waals surface area contributed by atoms with Gasteiger partial charge >= 0.3 is 0 Å². The number of rotatable bonds is 3. The first-order valence-electron chi connectivity index (χ1n) is 6.61. The summed E-state index contributed by atoms with van der Waals surface area (Å²) >= 11 is 0. The van der Waals surface area contributed by atoms with Crippen LogP contribution in [0.15, 0.2) is 42.6 Å². The maximum atomic E-state index is 11.9. The molecule has 2 aromatic heterocycles. The average Bonchev–Trinajstić information content (AvgIpc) is 3.02. The molecule has 3 aromatic rings. The summed E-state index contributed by atoms with van der Waals surface area (Å²) in [5.74, 6) is 8.95. The molecule has 3 rings (SSSR count). The van der Waals surface area contributed by atoms with Crippen molar-refractivity contribution in [3.8, 4) is 5.69 Å². The van der Waals surface area contributed by atoms with E-state index in [1.807, 2.05) is 41.2 Å². The summed E-state index contributed by atoms with van der Waals surface area (Å²) in [4.78, 5) is 28.0. The zero-order valence-electron chi connectivity index (χ0n) is 11.9. The third kappa shape index (κ3) is 2.50. The van der Waals surface area contributed by atoms with Crippen molar-refractivity contribution in [1.29, 1.82) is 0 Å². The number of benzene rings is 1. The SMILES string of the molecule is NNC(=O)c1cc2cnn(-c3ccccc3)c2nc1C(=O)NN. The van der Waals surface area contributed by atoms with Gasteiger partial charge in [-0.25, -0.2) is 21.4 Å². The summed E-state index contributed by atoms with van der Waals surface area (Å²) in [7, 11) is 0. The van der Waals surface area contributed by atoms with E-state index < -0.39 is 11.8 Å². The van der Waals surface area contributed by atoms with Crippen molar-refractivity contribution in [2.24, 2.45) is 11.7 Å². The maximum absolute atomic E-state index is 11.9. The van der Waals surface area contributed by atoms with Crippen LogP contribution in [0.4, 0.5) is 0 Å². The van der Waals surface area contributed by atoms with Crippen LogP contribution in [0.3, 0.4) is 0 Å². The molecule has 0 saturated heterocycles. The van der Waals surface area contributed by atoms with Crippen molar-refractivity contribution in [1.82, 2.24) is 25.6 Å². The number of hydrogen-bond donors (Lipinski definition) is 4. The van der Waals surface area contributed by atoms with Gasteiger partial charge in [-0.2, -0.15) is 5.10 Å². The lowest BCUT2D eigenvalue weighted by Gasteiger charge is -2.08. The van der Waals surface area contributed by atoms with E-state index in [-0.39, 0.29) is 11.3 Å². The van der Waals surface area contributed by atoms with Crippen LogP contribution in [0.5, 0.6) is 0 Å². The first-order chi connectivity index (χ1) is 11.2. The van der Waals surface area contributed by atoms with Gasteiger partial charge in [-0.05, 0) is 18.2 Å². The zero-order valence-corrected chi connectivity index (χ0v) is 11.9. The molecule has 2 heterocycles. The molecular formula is C14H13N7O2. The summed E-state index contributed by atoms with van der Waals surface area (Å²) in [5, 5.41) is 4.83. The Hall–Kier alpha value is -3.30. The number of hydrazine groups is 2. The Kier molecular flexibility index (Phi) is 3.71. The topological polar surface area (TPSA) is 141 Å². The van der Waals surface area contributed by atoms with Crippen molar-refractivity contribution in [2.75, 3.05) is 0 Å². The maximum Gasteiger partial charge on any atom is 0.284 e. The van der Waals surface area contributed by atoms with E-state index in [4.69, 9.17) is 11.7 Å². The smallest absolute Gasteiger partial charge is 0.284 e. The lowest BCUT2D eigenvalue weighted by atomic mass is 10.1. The van der Waals surface area contributed by atoms with Crippen LogP contribution in [0.2, 0.25) is 0 Å². The molecule has 0 bridgehead atoms. The number of amides is 2. The van der Waals surface area contributed by atoms with Crippen molar-refractivity contribution in [3.05, 3.63) is 53.9 Å². The average molecular weight is 311 g/mol. The van der Waals surface area contributed by atoms with Gasteiger partial charge in [0.15, 0.2) is 5.65 Å². The van der Waals surface area contributed by atoms with Crippen LogP contribution in [0, 0.1) is 0 Å². The molecule has 0 aliphatic carbocycles. The Morgan fingerprint density at radius 1 is 1.04 bits per heavy atom. The molecule has 6 N–H and O–H groups in total. The molecule has 0 aliphatic heterocycles. The van der Waals surface area contributed by atoms with Gasteiger partial charge in [-0.3, -0.25) is 20.4 Å². The van der Waals surface area contributed by atoms with Gasteiger partial charge in [-0.15, -0.1) is 0 Å². The van der Waals surface area contributed by atoms with Crippen LogP contribution in [0.25, 0.3) is 16.7 Å². The Labute approximate surface area is 130 Å². The summed E-state index contributed by atoms with van der Waals surface area (Å²) in [6.45, 7) is 0. The molecule has 0 radical (unpaired) electrons. The predicted octanol–water partition coefficient (Wildman–Crippen LogP) is -0.373. The minimum Gasteiger partial charge on any atom is -0.290 e. The number of hydrogen-bond acceptors (Lipinski definition) is 6. The number of nitrogen functional groups attached to an aromatic ring is 2. The molecule has 9 heteroatoms. The minimum atomic E-state index is -0.702. The zero-order chi connectivity index (χ0) is 16.4. The summed E-state index contributed by atoms with van der Waals surface area (Å²) in [5.41, 5.74) is 5.00. The molecule has 23 heavy (non-hydrogen) atoms. The number of carbonyl (C=O) groups excluding carboxylic acids is 2. The number of pyridine rings is 1. The van der Waals surface area contributed by atoms with E-state index in [0.29, 0.717) is 11.0 Å². The van der Waals surface area contributed by atoms with Crippen molar-refractivity contribution >= 4 is 22.8 Å². The summed E-state index contributed by atoms with van der Waals surface area (Å²) in [6.07, 6.45) is 1.55. The Morgan fingerprint density at radius 3 is 2.39 bits per heavy atom.